The summed E-state index contributed by atoms with van der Waals surface area (Å²) in [6.45, 7) is 7.57. The molecule has 0 fully saturated rings. The Hall–Kier alpha value is -2.49. The lowest BCUT2D eigenvalue weighted by molar-refractivity contribution is -0.119. The molecule has 2 aromatic carbocycles. The van der Waals surface area contributed by atoms with Gasteiger partial charge >= 0.3 is 0 Å². The number of carbonyl (C=O) groups excluding carboxylic acids is 1. The molecule has 0 spiro atoms. The number of benzene rings is 2. The Labute approximate surface area is 150 Å². The van der Waals surface area contributed by atoms with Gasteiger partial charge in [-0.15, -0.1) is 0 Å². The van der Waals surface area contributed by atoms with E-state index in [4.69, 9.17) is 9.47 Å². The van der Waals surface area contributed by atoms with Gasteiger partial charge < -0.3 is 14.8 Å². The van der Waals surface area contributed by atoms with Crippen LogP contribution in [0.15, 0.2) is 48.5 Å². The monoisotopic (exact) mass is 341 g/mol. The van der Waals surface area contributed by atoms with Crippen molar-refractivity contribution in [3.63, 3.8) is 0 Å². The fourth-order valence-corrected chi connectivity index (χ4v) is 2.52. The minimum Gasteiger partial charge on any atom is -0.491 e. The molecule has 1 N–H and O–H groups in total. The third kappa shape index (κ3) is 6.87. The molecule has 2 aromatic rings. The van der Waals surface area contributed by atoms with Gasteiger partial charge in [-0.25, -0.2) is 0 Å². The predicted molar refractivity (Wildman–Crippen MR) is 100 cm³/mol. The van der Waals surface area contributed by atoms with Crippen molar-refractivity contribution in [2.24, 2.45) is 0 Å². The number of rotatable bonds is 8. The number of aryl methyl sites for hydroxylation is 1. The number of hydrogen-bond acceptors (Lipinski definition) is 3. The van der Waals surface area contributed by atoms with Gasteiger partial charge in [0.05, 0.1) is 6.10 Å². The highest BCUT2D eigenvalue weighted by Gasteiger charge is 2.05. The molecule has 0 aromatic heterocycles. The minimum atomic E-state index is 0.0149. The molecule has 4 nitrogen and oxygen atoms in total. The Morgan fingerprint density at radius 1 is 0.920 bits per heavy atom. The smallest absolute Gasteiger partial charge is 0.217 e. The highest BCUT2D eigenvalue weighted by molar-refractivity contribution is 5.73. The summed E-state index contributed by atoms with van der Waals surface area (Å²) >= 11 is 0. The van der Waals surface area contributed by atoms with Crippen molar-refractivity contribution in [3.05, 3.63) is 54.1 Å². The number of nitrogens with one attached hydrogen (secondary N) is 1. The van der Waals surface area contributed by atoms with E-state index in [1.54, 1.807) is 6.92 Å². The molecule has 1 amide bonds. The van der Waals surface area contributed by atoms with Crippen molar-refractivity contribution < 1.29 is 14.3 Å². The first-order chi connectivity index (χ1) is 11.9. The summed E-state index contributed by atoms with van der Waals surface area (Å²) in [6.07, 6.45) is 1.99. The molecule has 4 heteroatoms. The highest BCUT2D eigenvalue weighted by atomic mass is 16.5. The maximum atomic E-state index is 11.0. The summed E-state index contributed by atoms with van der Waals surface area (Å²) in [5.74, 6) is 2.44. The van der Waals surface area contributed by atoms with Crippen LogP contribution >= 0.6 is 0 Å². The second-order valence-corrected chi connectivity index (χ2v) is 6.52. The van der Waals surface area contributed by atoms with Crippen molar-refractivity contribution in [1.29, 1.82) is 0 Å². The number of carbonyl (C=O) groups is 1. The van der Waals surface area contributed by atoms with Crippen LogP contribution in [-0.2, 0) is 11.2 Å². The lowest BCUT2D eigenvalue weighted by atomic mass is 10.1. The zero-order valence-corrected chi connectivity index (χ0v) is 15.4. The normalized spacial score (nSPS) is 11.9. The SMILES string of the molecule is CC(=O)NC(C)CCc1ccc(Oc2ccc(OC(C)C)cc2)cc1. The number of ether oxygens (including phenoxy) is 2. The van der Waals surface area contributed by atoms with Gasteiger partial charge in [-0.1, -0.05) is 12.1 Å². The fourth-order valence-electron chi connectivity index (χ4n) is 2.52. The van der Waals surface area contributed by atoms with Crippen LogP contribution in [0.4, 0.5) is 0 Å². The van der Waals surface area contributed by atoms with E-state index < -0.39 is 0 Å². The van der Waals surface area contributed by atoms with E-state index in [1.807, 2.05) is 57.2 Å². The van der Waals surface area contributed by atoms with Crippen LogP contribution in [-0.4, -0.2) is 18.1 Å². The van der Waals surface area contributed by atoms with Crippen LogP contribution in [0, 0.1) is 0 Å². The lowest BCUT2D eigenvalue weighted by Crippen LogP contribution is -2.30. The molecular weight excluding hydrogens is 314 g/mol. The number of amides is 1. The molecule has 0 radical (unpaired) electrons. The Kier molecular flexibility index (Phi) is 6.87. The van der Waals surface area contributed by atoms with Gasteiger partial charge in [0, 0.05) is 13.0 Å². The summed E-state index contributed by atoms with van der Waals surface area (Å²) in [4.78, 5) is 11.0. The van der Waals surface area contributed by atoms with Crippen molar-refractivity contribution in [2.45, 2.75) is 52.7 Å². The molecule has 134 valence electrons. The summed E-state index contributed by atoms with van der Waals surface area (Å²) in [6, 6.07) is 15.9. The van der Waals surface area contributed by atoms with Crippen molar-refractivity contribution in [2.75, 3.05) is 0 Å². The van der Waals surface area contributed by atoms with Gasteiger partial charge in [0.2, 0.25) is 5.91 Å². The van der Waals surface area contributed by atoms with Gasteiger partial charge in [0.25, 0.3) is 0 Å². The first-order valence-corrected chi connectivity index (χ1v) is 8.73. The van der Waals surface area contributed by atoms with E-state index in [2.05, 4.69) is 17.4 Å². The second-order valence-electron chi connectivity index (χ2n) is 6.52. The van der Waals surface area contributed by atoms with Gasteiger partial charge in [-0.3, -0.25) is 4.79 Å². The van der Waals surface area contributed by atoms with Crippen LogP contribution in [0.3, 0.4) is 0 Å². The van der Waals surface area contributed by atoms with Crippen LogP contribution in [0.2, 0.25) is 0 Å². The first kappa shape index (κ1) is 18.8. The van der Waals surface area contributed by atoms with Gasteiger partial charge in [0.15, 0.2) is 0 Å². The van der Waals surface area contributed by atoms with Crippen LogP contribution in [0.5, 0.6) is 17.2 Å². The van der Waals surface area contributed by atoms with E-state index in [9.17, 15) is 4.79 Å². The van der Waals surface area contributed by atoms with Gasteiger partial charge in [-0.05, 0) is 75.6 Å². The Bertz CT molecular complexity index is 663. The zero-order chi connectivity index (χ0) is 18.2. The summed E-state index contributed by atoms with van der Waals surface area (Å²) in [5, 5.41) is 2.90. The van der Waals surface area contributed by atoms with E-state index in [1.165, 1.54) is 5.56 Å². The molecule has 0 bridgehead atoms. The third-order valence-electron chi connectivity index (χ3n) is 3.67. The van der Waals surface area contributed by atoms with Crippen molar-refractivity contribution in [1.82, 2.24) is 5.32 Å². The van der Waals surface area contributed by atoms with Gasteiger partial charge in [0.1, 0.15) is 17.2 Å². The Balaban J connectivity index is 1.86. The summed E-state index contributed by atoms with van der Waals surface area (Å²) in [7, 11) is 0. The van der Waals surface area contributed by atoms with Crippen LogP contribution in [0.25, 0.3) is 0 Å². The van der Waals surface area contributed by atoms with E-state index in [0.717, 1.165) is 30.1 Å². The third-order valence-corrected chi connectivity index (χ3v) is 3.67. The van der Waals surface area contributed by atoms with Crippen LogP contribution < -0.4 is 14.8 Å². The van der Waals surface area contributed by atoms with E-state index in [0.29, 0.717) is 0 Å². The van der Waals surface area contributed by atoms with Gasteiger partial charge in [-0.2, -0.15) is 0 Å². The second kappa shape index (κ2) is 9.11. The molecule has 0 aliphatic rings. The van der Waals surface area contributed by atoms with Crippen molar-refractivity contribution in [3.8, 4) is 17.2 Å². The standard InChI is InChI=1S/C21H27NO3/c1-15(2)24-19-11-13-21(14-12-19)25-20-9-7-18(8-10-20)6-5-16(3)22-17(4)23/h7-16H,5-6H2,1-4H3,(H,22,23). The fraction of sp³-hybridized carbons (Fsp3) is 0.381. The number of hydrogen-bond donors (Lipinski definition) is 1. The molecule has 1 atom stereocenters. The minimum absolute atomic E-state index is 0.0149. The van der Waals surface area contributed by atoms with Crippen molar-refractivity contribution >= 4 is 5.91 Å². The molecule has 0 saturated heterocycles. The maximum absolute atomic E-state index is 11.0. The molecule has 25 heavy (non-hydrogen) atoms. The molecule has 1 unspecified atom stereocenters. The quantitative estimate of drug-likeness (QED) is 0.755. The Morgan fingerprint density at radius 2 is 1.44 bits per heavy atom. The summed E-state index contributed by atoms with van der Waals surface area (Å²) < 4.78 is 11.5. The van der Waals surface area contributed by atoms with Crippen LogP contribution in [0.1, 0.15) is 39.7 Å². The molecule has 2 rings (SSSR count). The molecule has 0 heterocycles. The topological polar surface area (TPSA) is 47.6 Å². The zero-order valence-electron chi connectivity index (χ0n) is 15.4. The average molecular weight is 341 g/mol. The largest absolute Gasteiger partial charge is 0.491 e. The highest BCUT2D eigenvalue weighted by Crippen LogP contribution is 2.24. The molecule has 0 aliphatic carbocycles. The van der Waals surface area contributed by atoms with E-state index >= 15 is 0 Å². The molecule has 0 aliphatic heterocycles. The average Bonchev–Trinajstić information content (AvgIpc) is 2.55. The summed E-state index contributed by atoms with van der Waals surface area (Å²) in [5.41, 5.74) is 1.23. The lowest BCUT2D eigenvalue weighted by Gasteiger charge is -2.13. The van der Waals surface area contributed by atoms with E-state index in [-0.39, 0.29) is 18.1 Å². The maximum Gasteiger partial charge on any atom is 0.217 e. The Morgan fingerprint density at radius 3 is 1.96 bits per heavy atom. The molecule has 0 saturated carbocycles. The first-order valence-electron chi connectivity index (χ1n) is 8.73. The molecular formula is C21H27NO3. The predicted octanol–water partition coefficient (Wildman–Crippen LogP) is 4.72.